The van der Waals surface area contributed by atoms with E-state index in [1.807, 2.05) is 48.5 Å². The lowest BCUT2D eigenvalue weighted by Gasteiger charge is -2.28. The Morgan fingerprint density at radius 1 is 0.351 bits per heavy atom. The van der Waals surface area contributed by atoms with Crippen LogP contribution in [0.15, 0.2) is 111 Å². The first-order valence-electron chi connectivity index (χ1n) is 31.6. The second-order valence-electron chi connectivity index (χ2n) is 23.3. The molecule has 9 atom stereocenters. The van der Waals surface area contributed by atoms with E-state index < -0.39 is 108 Å². The third-order valence-corrected chi connectivity index (χ3v) is 15.8. The van der Waals surface area contributed by atoms with Crippen LogP contribution >= 0.6 is 0 Å². The van der Waals surface area contributed by atoms with Crippen LogP contribution in [0.1, 0.15) is 81.9 Å². The predicted molar refractivity (Wildman–Crippen MR) is 370 cm³/mol. The third kappa shape index (κ3) is 23.5. The Labute approximate surface area is 558 Å². The number of carbonyl (C=O) groups excluding carboxylic acids is 9. The van der Waals surface area contributed by atoms with E-state index in [1.54, 1.807) is 42.9 Å². The summed E-state index contributed by atoms with van der Waals surface area (Å²) < 4.78 is 0. The largest absolute Gasteiger partial charge is 0.370 e. The van der Waals surface area contributed by atoms with Crippen molar-refractivity contribution < 1.29 is 43.2 Å². The average molecular weight is 1340 g/mol. The zero-order valence-electron chi connectivity index (χ0n) is 54.2. The van der Waals surface area contributed by atoms with E-state index in [2.05, 4.69) is 77.5 Å². The Balaban J connectivity index is 1.34. The van der Waals surface area contributed by atoms with Crippen LogP contribution in [0.2, 0.25) is 0 Å². The van der Waals surface area contributed by atoms with Crippen molar-refractivity contribution in [2.75, 3.05) is 26.2 Å². The van der Waals surface area contributed by atoms with Gasteiger partial charge in [0.15, 0.2) is 23.8 Å². The van der Waals surface area contributed by atoms with Crippen LogP contribution in [0.3, 0.4) is 0 Å². The highest BCUT2D eigenvalue weighted by atomic mass is 16.2. The van der Waals surface area contributed by atoms with Crippen molar-refractivity contribution in [2.45, 2.75) is 139 Å². The number of aromatic amines is 3. The van der Waals surface area contributed by atoms with Gasteiger partial charge in [-0.15, -0.1) is 0 Å². The lowest BCUT2D eigenvalue weighted by Crippen LogP contribution is -2.61. The summed E-state index contributed by atoms with van der Waals surface area (Å²) in [5, 5.41) is 23.9. The molecule has 0 bridgehead atoms. The Morgan fingerprint density at radius 3 is 0.938 bits per heavy atom. The minimum absolute atomic E-state index is 0.000707. The third-order valence-electron chi connectivity index (χ3n) is 15.8. The van der Waals surface area contributed by atoms with Crippen LogP contribution in [0.5, 0.6) is 0 Å². The Morgan fingerprint density at radius 2 is 0.619 bits per heavy atom. The maximum atomic E-state index is 15.3. The van der Waals surface area contributed by atoms with Crippen LogP contribution in [0.4, 0.5) is 0 Å². The molecule has 0 aliphatic heterocycles. The van der Waals surface area contributed by atoms with Gasteiger partial charge in [0.2, 0.25) is 53.2 Å². The van der Waals surface area contributed by atoms with Gasteiger partial charge in [0.25, 0.3) is 0 Å². The Bertz CT molecular complexity index is 3820. The average Bonchev–Trinajstić information content (AvgIpc) is 1.74. The molecule has 0 spiro atoms. The SMILES string of the molecule is C[C@H](NC(=O)[C@H](CCCN=C(N)N)NC(=O)[C@H](Cc1c[nH]c2ccccc12)NC(=O)[C@H](Cc1c[nH]c2ccccc12)NC(=O)[C@H](CCCN=C(N)N)NC(=O)[C@H](CCCN=C(N)N)NC(=O)[C@H](Cc1c[nH]c2ccccc12)NC(=O)[C@H](C)NC(=O)[C@@H](N)CCCN=C(N)N)C(N)=O. The fourth-order valence-electron chi connectivity index (χ4n) is 10.6. The Hall–Kier alpha value is -11.5. The van der Waals surface area contributed by atoms with Gasteiger partial charge in [0.05, 0.1) is 6.04 Å². The molecule has 0 unspecified atom stereocenters. The lowest BCUT2D eigenvalue weighted by atomic mass is 10.00. The summed E-state index contributed by atoms with van der Waals surface area (Å²) in [6.07, 6.45) is 5.13. The van der Waals surface area contributed by atoms with Gasteiger partial charge in [-0.2, -0.15) is 0 Å². The van der Waals surface area contributed by atoms with E-state index in [4.69, 9.17) is 57.3 Å². The summed E-state index contributed by atoms with van der Waals surface area (Å²) in [5.74, 6) is -8.19. The first kappa shape index (κ1) is 74.6. The molecule has 9 amide bonds. The van der Waals surface area contributed by atoms with Crippen molar-refractivity contribution in [3.05, 3.63) is 108 Å². The monoisotopic (exact) mass is 1340 g/mol. The molecule has 522 valence electrons. The van der Waals surface area contributed by atoms with Gasteiger partial charge >= 0.3 is 0 Å². The fourth-order valence-corrected chi connectivity index (χ4v) is 10.6. The van der Waals surface area contributed by atoms with E-state index >= 15 is 14.4 Å². The van der Waals surface area contributed by atoms with Crippen molar-refractivity contribution in [3.63, 3.8) is 0 Å². The summed E-state index contributed by atoms with van der Waals surface area (Å²) in [4.78, 5) is 154. The van der Waals surface area contributed by atoms with Crippen molar-refractivity contribution in [2.24, 2.45) is 77.3 Å². The van der Waals surface area contributed by atoms with Crippen molar-refractivity contribution in [1.82, 2.24) is 57.5 Å². The zero-order valence-corrected chi connectivity index (χ0v) is 54.2. The molecule has 0 radical (unpaired) electrons. The summed E-state index contributed by atoms with van der Waals surface area (Å²) in [5.41, 5.74) is 60.2. The zero-order chi connectivity index (χ0) is 70.7. The lowest BCUT2D eigenvalue weighted by molar-refractivity contribution is -0.136. The van der Waals surface area contributed by atoms with Crippen LogP contribution in [-0.4, -0.2) is 173 Å². The van der Waals surface area contributed by atoms with Gasteiger partial charge in [0, 0.05) is 96.7 Å². The van der Waals surface area contributed by atoms with Crippen LogP contribution in [0, 0.1) is 0 Å². The number of benzene rings is 3. The van der Waals surface area contributed by atoms with E-state index in [0.29, 0.717) is 44.9 Å². The molecule has 0 aliphatic rings. The molecule has 3 heterocycles. The number of amides is 9. The molecule has 34 nitrogen and oxygen atoms in total. The molecule has 6 aromatic rings. The molecule has 34 heteroatoms. The maximum Gasteiger partial charge on any atom is 0.243 e. The van der Waals surface area contributed by atoms with E-state index in [9.17, 15) is 28.8 Å². The predicted octanol–water partition coefficient (Wildman–Crippen LogP) is -3.90. The number of carbonyl (C=O) groups is 9. The highest BCUT2D eigenvalue weighted by molar-refractivity contribution is 5.99. The number of nitrogens with two attached hydrogens (primary N) is 10. The summed E-state index contributed by atoms with van der Waals surface area (Å²) in [7, 11) is 0. The van der Waals surface area contributed by atoms with Crippen LogP contribution in [0.25, 0.3) is 32.7 Å². The molecular weight excluding hydrogens is 1250 g/mol. The van der Waals surface area contributed by atoms with Crippen molar-refractivity contribution >= 4 is 110 Å². The molecule has 6 rings (SSSR count). The van der Waals surface area contributed by atoms with Crippen LogP contribution in [-0.2, 0) is 62.4 Å². The molecule has 31 N–H and O–H groups in total. The van der Waals surface area contributed by atoms with E-state index in [0.717, 1.165) is 10.9 Å². The fraction of sp³-hybridized carbons (Fsp3) is 0.413. The number of primary amides is 1. The number of hydrogen-bond acceptors (Lipinski definition) is 14. The molecule has 3 aromatic carbocycles. The van der Waals surface area contributed by atoms with E-state index in [-0.39, 0.29) is 114 Å². The molecule has 0 saturated carbocycles. The second kappa shape index (κ2) is 36.9. The minimum atomic E-state index is -1.51. The number of nitrogens with one attached hydrogen (secondary N) is 11. The maximum absolute atomic E-state index is 15.3. The minimum Gasteiger partial charge on any atom is -0.370 e. The number of hydrogen-bond donors (Lipinski definition) is 21. The van der Waals surface area contributed by atoms with Crippen LogP contribution < -0.4 is 99.9 Å². The van der Waals surface area contributed by atoms with Gasteiger partial charge in [-0.05, 0) is 100 Å². The highest BCUT2D eigenvalue weighted by Crippen LogP contribution is 2.23. The number of fused-ring (bicyclic) bond motifs is 3. The van der Waals surface area contributed by atoms with Gasteiger partial charge in [0.1, 0.15) is 48.3 Å². The Kier molecular flexibility index (Phi) is 28.3. The van der Waals surface area contributed by atoms with Gasteiger partial charge in [-0.25, -0.2) is 0 Å². The van der Waals surface area contributed by atoms with Crippen molar-refractivity contribution in [1.29, 1.82) is 0 Å². The number of aromatic nitrogens is 3. The van der Waals surface area contributed by atoms with Gasteiger partial charge in [-0.3, -0.25) is 63.1 Å². The van der Waals surface area contributed by atoms with Gasteiger partial charge in [-0.1, -0.05) is 54.6 Å². The normalized spacial score (nSPS) is 13.9. The second-order valence-corrected chi connectivity index (χ2v) is 23.3. The van der Waals surface area contributed by atoms with E-state index in [1.165, 1.54) is 13.8 Å². The molecule has 3 aromatic heterocycles. The topological polar surface area (TPSA) is 607 Å². The number of rotatable bonds is 39. The highest BCUT2D eigenvalue weighted by Gasteiger charge is 2.36. The number of H-pyrrole nitrogens is 3. The number of guanidine groups is 4. The molecular formula is C63H91N25O9. The quantitative estimate of drug-likeness (QED) is 0.00997. The molecule has 0 aliphatic carbocycles. The summed E-state index contributed by atoms with van der Waals surface area (Å²) >= 11 is 0. The number of para-hydroxylation sites is 3. The first-order chi connectivity index (χ1) is 46.3. The molecule has 0 saturated heterocycles. The summed E-state index contributed by atoms with van der Waals surface area (Å²) in [6.45, 7) is 3.05. The number of nitrogens with zero attached hydrogens (tertiary/aromatic N) is 4. The summed E-state index contributed by atoms with van der Waals surface area (Å²) in [6, 6.07) is 9.67. The van der Waals surface area contributed by atoms with Crippen molar-refractivity contribution in [3.8, 4) is 0 Å². The smallest absolute Gasteiger partial charge is 0.243 e. The molecule has 97 heavy (non-hydrogen) atoms. The van der Waals surface area contributed by atoms with Gasteiger partial charge < -0.3 is 115 Å². The number of aliphatic imine (C=N–C) groups is 4. The standard InChI is InChI=1S/C63H91N25O9/c1-33(51(65)89)81-54(92)45(20-10-24-75-61(68)69)84-58(96)49(28-36-31-79-43-18-7-4-14-39(36)43)88-59(97)50(29-37-32-80-44-19-8-5-15-40(37)44)87-56(94)47(22-12-26-77-63(72)73)83-55(93)46(21-11-25-76-62(70)71)85-57(95)48(27-35-30-78-42-17-6-3-13-38(35)42)86-52(90)34(2)82-53(91)41(64)16-9-23-74-60(66)67/h3-8,13-15,17-19,30-34,41,45-50,78-80H,9-12,16,20-29,64H2,1-2H3,(H2,65,89)(H,81,92)(H,82,91)(H,83,93)(H,84,96)(H,85,95)(H,86,90)(H,87,94)(H,88,97)(H4,66,67,74)(H4,68,69,75)(H4,70,71,76)(H4,72,73,77)/t33-,34-,41-,45-,46-,47-,48-,49-,50-/m0/s1. The molecule has 0 fully saturated rings. The first-order valence-corrected chi connectivity index (χ1v) is 31.6.